The van der Waals surface area contributed by atoms with Gasteiger partial charge in [0.2, 0.25) is 0 Å². The van der Waals surface area contributed by atoms with E-state index in [-0.39, 0.29) is 36.5 Å². The van der Waals surface area contributed by atoms with Crippen LogP contribution in [-0.2, 0) is 19.4 Å². The van der Waals surface area contributed by atoms with Crippen molar-refractivity contribution in [1.29, 1.82) is 0 Å². The number of nitrogens with one attached hydrogen (secondary N) is 1. The summed E-state index contributed by atoms with van der Waals surface area (Å²) < 4.78 is 41.2. The zero-order valence-electron chi connectivity index (χ0n) is 25.3. The van der Waals surface area contributed by atoms with Crippen molar-refractivity contribution < 1.29 is 23.4 Å². The van der Waals surface area contributed by atoms with Crippen LogP contribution in [0.3, 0.4) is 0 Å². The highest BCUT2D eigenvalue weighted by Crippen LogP contribution is 2.45. The number of benzene rings is 2. The van der Waals surface area contributed by atoms with Crippen molar-refractivity contribution >= 4 is 17.2 Å². The van der Waals surface area contributed by atoms with E-state index in [1.807, 2.05) is 47.4 Å². The molecule has 0 spiro atoms. The number of hydrogen-bond acceptors (Lipinski definition) is 9. The van der Waals surface area contributed by atoms with Gasteiger partial charge in [-0.15, -0.1) is 0 Å². The number of pyridine rings is 1. The first-order valence-electron chi connectivity index (χ1n) is 14.6. The van der Waals surface area contributed by atoms with Crippen LogP contribution in [0, 0.1) is 17.0 Å². The fourth-order valence-corrected chi connectivity index (χ4v) is 6.06. The Hall–Kier alpha value is -4.35. The molecule has 0 saturated carbocycles. The van der Waals surface area contributed by atoms with Crippen molar-refractivity contribution in [3.63, 3.8) is 0 Å². The third kappa shape index (κ3) is 5.65. The van der Waals surface area contributed by atoms with Crippen LogP contribution in [-0.4, -0.2) is 52.4 Å². The molecule has 1 atom stereocenters. The summed E-state index contributed by atoms with van der Waals surface area (Å²) in [4.78, 5) is 14.4. The summed E-state index contributed by atoms with van der Waals surface area (Å²) in [6, 6.07) is 11.5. The number of para-hydroxylation sites is 1. The van der Waals surface area contributed by atoms with Crippen LogP contribution in [0.5, 0.6) is 11.5 Å². The van der Waals surface area contributed by atoms with Crippen LogP contribution in [0.2, 0.25) is 0 Å². The molecule has 1 aliphatic heterocycles. The Morgan fingerprint density at radius 3 is 2.64 bits per heavy atom. The lowest BCUT2D eigenvalue weighted by molar-refractivity contribution is 0.200. The van der Waals surface area contributed by atoms with Gasteiger partial charge in [-0.1, -0.05) is 32.0 Å². The summed E-state index contributed by atoms with van der Waals surface area (Å²) in [6.07, 6.45) is 5.99. The van der Waals surface area contributed by atoms with Crippen molar-refractivity contribution in [2.45, 2.75) is 45.7 Å². The van der Waals surface area contributed by atoms with Gasteiger partial charge in [-0.3, -0.25) is 4.98 Å². The average Bonchev–Trinajstić information content (AvgIpc) is 3.28. The van der Waals surface area contributed by atoms with Crippen molar-refractivity contribution in [3.05, 3.63) is 94.7 Å². The highest BCUT2D eigenvalue weighted by atomic mass is 19.1. The van der Waals surface area contributed by atoms with Crippen LogP contribution < -0.4 is 19.8 Å². The Labute approximate surface area is 255 Å². The first kappa shape index (κ1) is 29.7. The maximum absolute atomic E-state index is 15.2. The molecule has 11 heteroatoms. The Morgan fingerprint density at radius 2 is 1.89 bits per heavy atom. The van der Waals surface area contributed by atoms with Crippen molar-refractivity contribution in [2.75, 3.05) is 37.7 Å². The summed E-state index contributed by atoms with van der Waals surface area (Å²) in [6.45, 7) is 4.14. The molecule has 2 aliphatic rings. The zero-order chi connectivity index (χ0) is 31.0. The van der Waals surface area contributed by atoms with Crippen molar-refractivity contribution in [1.82, 2.24) is 20.0 Å². The number of nitrogens with zero attached hydrogens (tertiary/aromatic N) is 5. The van der Waals surface area contributed by atoms with E-state index < -0.39 is 17.7 Å². The Balaban J connectivity index is 1.40. The van der Waals surface area contributed by atoms with E-state index >= 15 is 8.78 Å². The van der Waals surface area contributed by atoms with Crippen molar-refractivity contribution in [2.24, 2.45) is 5.41 Å². The lowest BCUT2D eigenvalue weighted by atomic mass is 9.76. The Morgan fingerprint density at radius 1 is 1.11 bits per heavy atom. The van der Waals surface area contributed by atoms with E-state index in [0.717, 1.165) is 59.6 Å². The van der Waals surface area contributed by atoms with Gasteiger partial charge in [0, 0.05) is 42.1 Å². The van der Waals surface area contributed by atoms with Crippen LogP contribution >= 0.6 is 0 Å². The third-order valence-corrected chi connectivity index (χ3v) is 8.36. The van der Waals surface area contributed by atoms with Gasteiger partial charge in [0.05, 0.1) is 43.5 Å². The molecule has 0 bridgehead atoms. The average molecular weight is 603 g/mol. The topological polar surface area (TPSA) is 95.9 Å². The minimum absolute atomic E-state index is 0.0297. The normalized spacial score (nSPS) is 17.2. The second kappa shape index (κ2) is 12.0. The minimum atomic E-state index is -0.725. The molecule has 1 aliphatic carbocycles. The fourth-order valence-electron chi connectivity index (χ4n) is 6.06. The molecule has 0 radical (unpaired) electrons. The van der Waals surface area contributed by atoms with Crippen LogP contribution in [0.25, 0.3) is 0 Å². The maximum atomic E-state index is 15.2. The van der Waals surface area contributed by atoms with Gasteiger partial charge in [0.15, 0.2) is 11.6 Å². The second-order valence-corrected chi connectivity index (χ2v) is 11.9. The van der Waals surface area contributed by atoms with Gasteiger partial charge in [0.25, 0.3) is 0 Å². The molecule has 2 aromatic heterocycles. The monoisotopic (exact) mass is 602 g/mol. The maximum Gasteiger partial charge on any atom is 0.160 e. The van der Waals surface area contributed by atoms with Gasteiger partial charge in [0.1, 0.15) is 35.9 Å². The summed E-state index contributed by atoms with van der Waals surface area (Å²) in [7, 11) is 3.48. The van der Waals surface area contributed by atoms with Gasteiger partial charge >= 0.3 is 0 Å². The molecule has 0 fully saturated rings. The molecule has 3 heterocycles. The zero-order valence-corrected chi connectivity index (χ0v) is 25.3. The lowest BCUT2D eigenvalue weighted by Crippen LogP contribution is -2.38. The number of aliphatic hydroxyl groups is 1. The van der Waals surface area contributed by atoms with Gasteiger partial charge in [-0.2, -0.15) is 0 Å². The minimum Gasteiger partial charge on any atom is -0.493 e. The first-order valence-corrected chi connectivity index (χ1v) is 14.6. The van der Waals surface area contributed by atoms with Crippen LogP contribution in [0.1, 0.15) is 54.5 Å². The number of hydrogen-bond donors (Lipinski definition) is 2. The summed E-state index contributed by atoms with van der Waals surface area (Å²) in [5.74, 6) is 0.480. The number of aliphatic hydroxyl groups excluding tert-OH is 1. The number of aromatic nitrogens is 3. The largest absolute Gasteiger partial charge is 0.493 e. The molecular weight excluding hydrogens is 566 g/mol. The molecule has 2 aromatic carbocycles. The molecular formula is C33H36F2N6O3. The summed E-state index contributed by atoms with van der Waals surface area (Å²) in [5, 5.41) is 16.3. The molecule has 9 nitrogen and oxygen atoms in total. The van der Waals surface area contributed by atoms with Crippen LogP contribution in [0.4, 0.5) is 26.0 Å². The smallest absolute Gasteiger partial charge is 0.160 e. The quantitative estimate of drug-likeness (QED) is 0.249. The summed E-state index contributed by atoms with van der Waals surface area (Å²) in [5.41, 5.74) is 4.54. The van der Waals surface area contributed by atoms with E-state index in [1.165, 1.54) is 0 Å². The first-order chi connectivity index (χ1) is 21.2. The number of methoxy groups -OCH3 is 1. The number of rotatable bonds is 9. The number of fused-ring (bicyclic) bond motifs is 2. The van der Waals surface area contributed by atoms with E-state index in [1.54, 1.807) is 19.5 Å². The number of ether oxygens (including phenoxy) is 2. The molecule has 0 saturated heterocycles. The number of anilines is 3. The summed E-state index contributed by atoms with van der Waals surface area (Å²) >= 11 is 0. The Kier molecular flexibility index (Phi) is 8.08. The second-order valence-electron chi connectivity index (χ2n) is 11.9. The van der Waals surface area contributed by atoms with Gasteiger partial charge in [-0.25, -0.2) is 23.8 Å². The predicted molar refractivity (Wildman–Crippen MR) is 163 cm³/mol. The van der Waals surface area contributed by atoms with E-state index in [0.29, 0.717) is 17.4 Å². The lowest BCUT2D eigenvalue weighted by Gasteiger charge is -2.33. The Bertz CT molecular complexity index is 1660. The number of halogens is 2. The van der Waals surface area contributed by atoms with E-state index in [2.05, 4.69) is 24.1 Å². The predicted octanol–water partition coefficient (Wildman–Crippen LogP) is 5.74. The highest BCUT2D eigenvalue weighted by molar-refractivity contribution is 5.67. The molecule has 44 heavy (non-hydrogen) atoms. The highest BCUT2D eigenvalue weighted by Gasteiger charge is 2.39. The molecule has 4 aromatic rings. The SMILES string of the molecule is COc1cnccc1Nc1nc(C2c3ccccc3N(Cc3c(F)cc(OCCO)cc3F)N2C)nc2c1CCC(C)(C)C2. The van der Waals surface area contributed by atoms with Crippen molar-refractivity contribution in [3.8, 4) is 11.5 Å². The molecule has 2 N–H and O–H groups in total. The fraction of sp³-hybridized carbons (Fsp3) is 0.364. The van der Waals surface area contributed by atoms with E-state index in [4.69, 9.17) is 24.5 Å². The third-order valence-electron chi connectivity index (χ3n) is 8.36. The standard InChI is InChI=1S/C33H36F2N6O3/c1-33(2)11-9-21-27(17-33)38-32(39-31(21)37-26-10-12-36-18-29(26)43-4)30-22-7-5-6-8-28(22)41(40(30)3)19-23-24(34)15-20(16-25(23)35)44-14-13-42/h5-8,10,12,15-16,18,30,42H,9,11,13-14,17,19H2,1-4H3,(H,36,37,38,39). The van der Waals surface area contributed by atoms with Gasteiger partial charge in [-0.05, 0) is 36.8 Å². The molecule has 0 amide bonds. The van der Waals surface area contributed by atoms with E-state index in [9.17, 15) is 0 Å². The molecule has 1 unspecified atom stereocenters. The van der Waals surface area contributed by atoms with Gasteiger partial charge < -0.3 is 24.9 Å². The van der Waals surface area contributed by atoms with Crippen LogP contribution in [0.15, 0.2) is 54.9 Å². The molecule has 6 rings (SSSR count). The number of hydrazine groups is 1. The molecule has 230 valence electrons.